The Labute approximate surface area is 337 Å². The van der Waals surface area contributed by atoms with Gasteiger partial charge in [0.1, 0.15) is 29.0 Å². The van der Waals surface area contributed by atoms with E-state index in [2.05, 4.69) is 27.0 Å². The second kappa shape index (κ2) is 21.6. The molecule has 2 aliphatic carbocycles. The van der Waals surface area contributed by atoms with Crippen LogP contribution in [0.5, 0.6) is 5.75 Å². The number of hydrogen-bond acceptors (Lipinski definition) is 7. The normalized spacial score (nSPS) is 18.2. The van der Waals surface area contributed by atoms with Gasteiger partial charge < -0.3 is 15.4 Å². The van der Waals surface area contributed by atoms with Gasteiger partial charge in [-0.15, -0.1) is 0 Å². The van der Waals surface area contributed by atoms with Crippen molar-refractivity contribution in [3.8, 4) is 24.1 Å². The molecule has 2 fully saturated rings. The third kappa shape index (κ3) is 12.2. The SMILES string of the molecule is CN=C(NC#N)NC1CCC(CNC(=O)c2ccccc2OC)(c2ccc(F)cc2)CC1.N#CC1(c2ccc(F)cc2)CCC(=O)CC1.N#CCc1ccc(F)cc1. The number of ketones is 1. The van der Waals surface area contributed by atoms with Gasteiger partial charge >= 0.3 is 0 Å². The summed E-state index contributed by atoms with van der Waals surface area (Å²) in [6, 6.07) is 30.0. The fourth-order valence-electron chi connectivity index (χ4n) is 7.15. The first kappa shape index (κ1) is 44.1. The lowest BCUT2D eigenvalue weighted by Crippen LogP contribution is -2.49. The van der Waals surface area contributed by atoms with Crippen molar-refractivity contribution in [3.05, 3.63) is 137 Å². The van der Waals surface area contributed by atoms with E-state index in [-0.39, 0.29) is 40.6 Å². The molecule has 58 heavy (non-hydrogen) atoms. The maximum Gasteiger partial charge on any atom is 0.255 e. The molecule has 0 spiro atoms. The van der Waals surface area contributed by atoms with Crippen LogP contribution in [-0.4, -0.2) is 44.4 Å². The molecular formula is C45H46F3N7O3. The van der Waals surface area contributed by atoms with E-state index in [0.717, 1.165) is 42.4 Å². The molecule has 0 radical (unpaired) electrons. The largest absolute Gasteiger partial charge is 0.496 e. The quantitative estimate of drug-likeness (QED) is 0.0708. The summed E-state index contributed by atoms with van der Waals surface area (Å²) in [5, 5.41) is 35.3. The highest BCUT2D eigenvalue weighted by atomic mass is 19.1. The summed E-state index contributed by atoms with van der Waals surface area (Å²) in [4.78, 5) is 28.1. The van der Waals surface area contributed by atoms with Crippen molar-refractivity contribution >= 4 is 17.6 Å². The molecule has 1 amide bonds. The average molecular weight is 790 g/mol. The second-order valence-electron chi connectivity index (χ2n) is 14.1. The van der Waals surface area contributed by atoms with Crippen LogP contribution in [0.25, 0.3) is 0 Å². The van der Waals surface area contributed by atoms with Gasteiger partial charge in [-0.25, -0.2) is 13.2 Å². The van der Waals surface area contributed by atoms with Crippen LogP contribution in [0, 0.1) is 51.6 Å². The molecule has 0 bridgehead atoms. The minimum atomic E-state index is -0.596. The van der Waals surface area contributed by atoms with E-state index in [9.17, 15) is 28.0 Å². The summed E-state index contributed by atoms with van der Waals surface area (Å²) >= 11 is 0. The van der Waals surface area contributed by atoms with Gasteiger partial charge in [0.25, 0.3) is 5.91 Å². The number of para-hydroxylation sites is 1. The van der Waals surface area contributed by atoms with Crippen LogP contribution in [0.2, 0.25) is 0 Å². The maximum absolute atomic E-state index is 13.6. The number of nitrogens with one attached hydrogen (secondary N) is 3. The van der Waals surface area contributed by atoms with Gasteiger partial charge in [0.15, 0.2) is 6.19 Å². The molecule has 0 saturated heterocycles. The molecule has 4 aromatic carbocycles. The number of nitrogens with zero attached hydrogens (tertiary/aromatic N) is 4. The first-order valence-electron chi connectivity index (χ1n) is 18.9. The number of aliphatic imine (C=N–C) groups is 1. The lowest BCUT2D eigenvalue weighted by atomic mass is 9.68. The van der Waals surface area contributed by atoms with Crippen LogP contribution < -0.4 is 20.7 Å². The highest BCUT2D eigenvalue weighted by Gasteiger charge is 2.38. The van der Waals surface area contributed by atoms with Gasteiger partial charge in [0, 0.05) is 37.9 Å². The van der Waals surface area contributed by atoms with Crippen LogP contribution in [0.1, 0.15) is 78.4 Å². The first-order valence-corrected chi connectivity index (χ1v) is 18.9. The predicted molar refractivity (Wildman–Crippen MR) is 214 cm³/mol. The molecule has 0 heterocycles. The summed E-state index contributed by atoms with van der Waals surface area (Å²) in [5.41, 5.74) is 2.23. The predicted octanol–water partition coefficient (Wildman–Crippen LogP) is 7.71. The summed E-state index contributed by atoms with van der Waals surface area (Å²) in [6.07, 6.45) is 7.42. The minimum Gasteiger partial charge on any atom is -0.496 e. The lowest BCUT2D eigenvalue weighted by molar-refractivity contribution is -0.120. The lowest BCUT2D eigenvalue weighted by Gasteiger charge is -2.41. The highest BCUT2D eigenvalue weighted by molar-refractivity contribution is 5.97. The zero-order valence-corrected chi connectivity index (χ0v) is 32.5. The molecule has 0 aliphatic heterocycles. The van der Waals surface area contributed by atoms with Crippen LogP contribution in [0.3, 0.4) is 0 Å². The molecule has 13 heteroatoms. The number of hydrogen-bond donors (Lipinski definition) is 3. The fraction of sp³-hybridized carbons (Fsp3) is 0.333. The second-order valence-corrected chi connectivity index (χ2v) is 14.1. The molecule has 10 nitrogen and oxygen atoms in total. The third-order valence-electron chi connectivity index (χ3n) is 10.5. The molecule has 0 unspecified atom stereocenters. The van der Waals surface area contributed by atoms with Crippen LogP contribution in [-0.2, 0) is 22.0 Å². The number of nitriles is 3. The molecule has 2 saturated carbocycles. The Morgan fingerprint density at radius 3 is 1.88 bits per heavy atom. The van der Waals surface area contributed by atoms with E-state index in [4.69, 9.17) is 15.3 Å². The van der Waals surface area contributed by atoms with Gasteiger partial charge in [-0.3, -0.25) is 19.9 Å². The van der Waals surface area contributed by atoms with Gasteiger partial charge in [-0.1, -0.05) is 48.5 Å². The number of amides is 1. The Bertz CT molecular complexity index is 2120. The third-order valence-corrected chi connectivity index (χ3v) is 10.5. The van der Waals surface area contributed by atoms with Crippen LogP contribution >= 0.6 is 0 Å². The van der Waals surface area contributed by atoms with Crippen molar-refractivity contribution in [2.75, 3.05) is 20.7 Å². The Balaban J connectivity index is 0.000000234. The number of ether oxygens (including phenoxy) is 1. The molecule has 0 atom stereocenters. The van der Waals surface area contributed by atoms with Crippen molar-refractivity contribution in [1.29, 1.82) is 15.8 Å². The number of benzene rings is 4. The molecule has 3 N–H and O–H groups in total. The van der Waals surface area contributed by atoms with Gasteiger partial charge in [0.2, 0.25) is 5.96 Å². The zero-order valence-electron chi connectivity index (χ0n) is 32.5. The molecule has 4 aromatic rings. The number of carbonyl (C=O) groups is 2. The van der Waals surface area contributed by atoms with E-state index in [0.29, 0.717) is 55.9 Å². The Morgan fingerprint density at radius 1 is 0.810 bits per heavy atom. The van der Waals surface area contributed by atoms with E-state index in [1.807, 2.05) is 18.3 Å². The molecule has 300 valence electrons. The van der Waals surface area contributed by atoms with Crippen molar-refractivity contribution < 1.29 is 27.5 Å². The monoisotopic (exact) mass is 789 g/mol. The summed E-state index contributed by atoms with van der Waals surface area (Å²) in [7, 11) is 3.15. The van der Waals surface area contributed by atoms with E-state index in [1.165, 1.54) is 43.5 Å². The molecular weight excluding hydrogens is 744 g/mol. The number of guanidine groups is 1. The topological polar surface area (TPSA) is 163 Å². The summed E-state index contributed by atoms with van der Waals surface area (Å²) in [5.74, 6) is 0.117. The first-order chi connectivity index (χ1) is 28.0. The number of Topliss-reactive ketones (excluding diaryl/α,β-unsaturated/α-hetero) is 1. The van der Waals surface area contributed by atoms with Gasteiger partial charge in [0.05, 0.1) is 36.6 Å². The van der Waals surface area contributed by atoms with Crippen molar-refractivity contribution in [3.63, 3.8) is 0 Å². The molecule has 6 rings (SSSR count). The average Bonchev–Trinajstić information content (AvgIpc) is 3.25. The van der Waals surface area contributed by atoms with E-state index >= 15 is 0 Å². The zero-order chi connectivity index (χ0) is 42.0. The Hall–Kier alpha value is -6.65. The summed E-state index contributed by atoms with van der Waals surface area (Å²) < 4.78 is 43.9. The Morgan fingerprint density at radius 2 is 1.36 bits per heavy atom. The fourth-order valence-corrected chi connectivity index (χ4v) is 7.15. The van der Waals surface area contributed by atoms with Gasteiger partial charge in [-0.05, 0) is 104 Å². The van der Waals surface area contributed by atoms with Gasteiger partial charge in [-0.2, -0.15) is 15.8 Å². The van der Waals surface area contributed by atoms with Crippen molar-refractivity contribution in [2.45, 2.75) is 74.7 Å². The van der Waals surface area contributed by atoms with E-state index in [1.54, 1.807) is 61.6 Å². The van der Waals surface area contributed by atoms with Crippen molar-refractivity contribution in [1.82, 2.24) is 16.0 Å². The number of rotatable bonds is 8. The van der Waals surface area contributed by atoms with Crippen LogP contribution in [0.4, 0.5) is 13.2 Å². The smallest absolute Gasteiger partial charge is 0.255 e. The number of carbonyl (C=O) groups excluding carboxylic acids is 2. The molecule has 0 aromatic heterocycles. The maximum atomic E-state index is 13.6. The van der Waals surface area contributed by atoms with Crippen molar-refractivity contribution in [2.24, 2.45) is 4.99 Å². The van der Waals surface area contributed by atoms with E-state index < -0.39 is 5.41 Å². The number of methoxy groups -OCH3 is 1. The number of halogens is 3. The highest BCUT2D eigenvalue weighted by Crippen LogP contribution is 2.40. The standard InChI is InChI=1S/C24H28FN5O2.C13H12FNO.C8H6FN/c1-27-23(29-16-26)30-19-11-13-24(14-12-19,17-7-9-18(25)10-8-17)15-28-22(31)20-5-3-4-6-21(20)32-2;14-11-3-1-10(2-4-11)13(9-15)7-5-12(16)6-8-13;9-8-3-1-7(2-4-8)5-6-10/h3-10,19H,11-15H2,1-2H3,(H,28,31)(H2,27,29,30);1-4H,5-8H2;1-4H,5H2. The Kier molecular flexibility index (Phi) is 16.4. The van der Waals surface area contributed by atoms with Crippen LogP contribution in [0.15, 0.2) is 102 Å². The molecule has 2 aliphatic rings. The minimum absolute atomic E-state index is 0.146. The summed E-state index contributed by atoms with van der Waals surface area (Å²) in [6.45, 7) is 0.424.